The van der Waals surface area contributed by atoms with E-state index in [1.807, 2.05) is 0 Å². The SMILES string of the molecule is Cn1nc(-c2ccc(NC(=O)Nc3cccc(C(F)(F)F)c3)c(NC(=O)Nc3cccc(C(F)(F)F)c3)c2)c(C(N)=O)c1N. The summed E-state index contributed by atoms with van der Waals surface area (Å²) in [7, 11) is 1.45. The summed E-state index contributed by atoms with van der Waals surface area (Å²) in [6.45, 7) is 0. The highest BCUT2D eigenvalue weighted by Crippen LogP contribution is 2.34. The van der Waals surface area contributed by atoms with Crippen molar-refractivity contribution in [2.24, 2.45) is 12.8 Å². The maximum Gasteiger partial charge on any atom is 0.416 e. The fourth-order valence-electron chi connectivity index (χ4n) is 4.00. The zero-order valence-electron chi connectivity index (χ0n) is 22.4. The predicted molar refractivity (Wildman–Crippen MR) is 150 cm³/mol. The number of nitrogens with one attached hydrogen (secondary N) is 4. The van der Waals surface area contributed by atoms with Crippen LogP contribution in [0.15, 0.2) is 66.7 Å². The molecule has 0 aliphatic rings. The molecule has 0 bridgehead atoms. The number of primary amides is 1. The lowest BCUT2D eigenvalue weighted by molar-refractivity contribution is -0.138. The number of nitrogens with zero attached hydrogens (tertiary/aromatic N) is 2. The van der Waals surface area contributed by atoms with Gasteiger partial charge in [-0.05, 0) is 48.5 Å². The Bertz CT molecular complexity index is 1750. The zero-order chi connectivity index (χ0) is 32.4. The number of alkyl halides is 6. The van der Waals surface area contributed by atoms with Crippen LogP contribution in [0.5, 0.6) is 0 Å². The van der Waals surface area contributed by atoms with Crippen LogP contribution in [0.25, 0.3) is 11.3 Å². The second-order valence-electron chi connectivity index (χ2n) is 9.17. The molecule has 5 amide bonds. The number of urea groups is 2. The topological polar surface area (TPSA) is 169 Å². The van der Waals surface area contributed by atoms with E-state index >= 15 is 0 Å². The van der Waals surface area contributed by atoms with Crippen molar-refractivity contribution < 1.29 is 40.7 Å². The third kappa shape index (κ3) is 7.18. The Balaban J connectivity index is 1.66. The number of aryl methyl sites for hydroxylation is 1. The van der Waals surface area contributed by atoms with Crippen LogP contribution in [-0.4, -0.2) is 27.7 Å². The summed E-state index contributed by atoms with van der Waals surface area (Å²) in [6, 6.07) is 9.53. The summed E-state index contributed by atoms with van der Waals surface area (Å²) in [5.74, 6) is -0.975. The van der Waals surface area contributed by atoms with Gasteiger partial charge < -0.3 is 32.7 Å². The lowest BCUT2D eigenvalue weighted by Crippen LogP contribution is -2.23. The number of aromatic nitrogens is 2. The lowest BCUT2D eigenvalue weighted by Gasteiger charge is -2.16. The van der Waals surface area contributed by atoms with Crippen LogP contribution in [0.3, 0.4) is 0 Å². The molecule has 0 aliphatic carbocycles. The molecule has 8 N–H and O–H groups in total. The molecular formula is C27H22F6N8O3. The number of carbonyl (C=O) groups excluding carboxylic acids is 3. The maximum atomic E-state index is 13.1. The number of rotatable bonds is 6. The molecule has 4 aromatic rings. The second-order valence-corrected chi connectivity index (χ2v) is 9.17. The third-order valence-corrected chi connectivity index (χ3v) is 6.02. The van der Waals surface area contributed by atoms with Crippen LogP contribution < -0.4 is 32.7 Å². The Labute approximate surface area is 244 Å². The van der Waals surface area contributed by atoms with Gasteiger partial charge in [0.2, 0.25) is 0 Å². The Hall–Kier alpha value is -5.74. The first-order chi connectivity index (χ1) is 20.5. The van der Waals surface area contributed by atoms with Crippen molar-refractivity contribution in [2.45, 2.75) is 12.4 Å². The first-order valence-corrected chi connectivity index (χ1v) is 12.3. The minimum absolute atomic E-state index is 0.0128. The van der Waals surface area contributed by atoms with E-state index in [9.17, 15) is 40.7 Å². The summed E-state index contributed by atoms with van der Waals surface area (Å²) in [5.41, 5.74) is 8.74. The van der Waals surface area contributed by atoms with Crippen LogP contribution >= 0.6 is 0 Å². The Morgan fingerprint density at radius 3 is 1.70 bits per heavy atom. The molecule has 44 heavy (non-hydrogen) atoms. The van der Waals surface area contributed by atoms with E-state index in [-0.39, 0.29) is 45.4 Å². The number of hydrogen-bond acceptors (Lipinski definition) is 5. The molecule has 3 aromatic carbocycles. The highest BCUT2D eigenvalue weighted by Gasteiger charge is 2.31. The Morgan fingerprint density at radius 2 is 1.23 bits per heavy atom. The number of halogens is 6. The van der Waals surface area contributed by atoms with E-state index in [2.05, 4.69) is 26.4 Å². The molecule has 0 spiro atoms. The fraction of sp³-hybridized carbons (Fsp3) is 0.111. The number of amides is 5. The van der Waals surface area contributed by atoms with E-state index in [1.165, 1.54) is 42.1 Å². The van der Waals surface area contributed by atoms with Gasteiger partial charge in [-0.25, -0.2) is 9.59 Å². The largest absolute Gasteiger partial charge is 0.416 e. The molecule has 11 nitrogen and oxygen atoms in total. The number of carbonyl (C=O) groups is 3. The Kier molecular flexibility index (Phi) is 8.41. The summed E-state index contributed by atoms with van der Waals surface area (Å²) >= 11 is 0. The number of benzene rings is 3. The van der Waals surface area contributed by atoms with E-state index in [0.29, 0.717) is 12.1 Å². The lowest BCUT2D eigenvalue weighted by atomic mass is 10.1. The highest BCUT2D eigenvalue weighted by molar-refractivity contribution is 6.08. The average molecular weight is 621 g/mol. The molecule has 1 aromatic heterocycles. The van der Waals surface area contributed by atoms with Crippen molar-refractivity contribution in [1.82, 2.24) is 9.78 Å². The summed E-state index contributed by atoms with van der Waals surface area (Å²) in [5, 5.41) is 13.4. The van der Waals surface area contributed by atoms with Crippen molar-refractivity contribution in [1.29, 1.82) is 0 Å². The van der Waals surface area contributed by atoms with Crippen molar-refractivity contribution >= 4 is 46.5 Å². The summed E-state index contributed by atoms with van der Waals surface area (Å²) < 4.78 is 79.7. The van der Waals surface area contributed by atoms with Gasteiger partial charge in [-0.2, -0.15) is 31.4 Å². The summed E-state index contributed by atoms with van der Waals surface area (Å²) in [4.78, 5) is 37.6. The van der Waals surface area contributed by atoms with E-state index in [4.69, 9.17) is 11.5 Å². The molecule has 0 fully saturated rings. The van der Waals surface area contributed by atoms with Gasteiger partial charge in [0.15, 0.2) is 0 Å². The van der Waals surface area contributed by atoms with Crippen molar-refractivity contribution in [2.75, 3.05) is 27.0 Å². The van der Waals surface area contributed by atoms with Gasteiger partial charge in [0.1, 0.15) is 17.1 Å². The van der Waals surface area contributed by atoms with Crippen molar-refractivity contribution in [3.05, 3.63) is 83.4 Å². The van der Waals surface area contributed by atoms with Gasteiger partial charge in [-0.1, -0.05) is 18.2 Å². The van der Waals surface area contributed by atoms with Crippen molar-refractivity contribution in [3.8, 4) is 11.3 Å². The maximum absolute atomic E-state index is 13.1. The number of anilines is 5. The smallest absolute Gasteiger partial charge is 0.383 e. The molecule has 0 saturated heterocycles. The number of nitrogens with two attached hydrogens (primary N) is 2. The van der Waals surface area contributed by atoms with E-state index in [0.717, 1.165) is 24.3 Å². The molecule has 230 valence electrons. The van der Waals surface area contributed by atoms with Crippen LogP contribution in [0.1, 0.15) is 21.5 Å². The van der Waals surface area contributed by atoms with Crippen LogP contribution in [0.4, 0.5) is 64.5 Å². The minimum Gasteiger partial charge on any atom is -0.383 e. The fourth-order valence-corrected chi connectivity index (χ4v) is 4.00. The van der Waals surface area contributed by atoms with Crippen molar-refractivity contribution in [3.63, 3.8) is 0 Å². The number of hydrogen-bond donors (Lipinski definition) is 6. The summed E-state index contributed by atoms with van der Waals surface area (Å²) in [6.07, 6.45) is -9.33. The van der Waals surface area contributed by atoms with Gasteiger partial charge in [-0.15, -0.1) is 0 Å². The molecule has 0 saturated carbocycles. The Morgan fingerprint density at radius 1 is 0.727 bits per heavy atom. The molecular weight excluding hydrogens is 598 g/mol. The minimum atomic E-state index is -4.67. The van der Waals surface area contributed by atoms with Crippen LogP contribution in [0, 0.1) is 0 Å². The third-order valence-electron chi connectivity index (χ3n) is 6.02. The second kappa shape index (κ2) is 11.9. The van der Waals surface area contributed by atoms with Crippen LogP contribution in [-0.2, 0) is 19.4 Å². The molecule has 17 heteroatoms. The van der Waals surface area contributed by atoms with Crippen LogP contribution in [0.2, 0.25) is 0 Å². The normalized spacial score (nSPS) is 11.5. The van der Waals surface area contributed by atoms with Gasteiger partial charge in [0.25, 0.3) is 5.91 Å². The van der Waals surface area contributed by atoms with Gasteiger partial charge >= 0.3 is 24.4 Å². The monoisotopic (exact) mass is 620 g/mol. The molecule has 0 radical (unpaired) electrons. The number of nitrogen functional groups attached to an aromatic ring is 1. The molecule has 0 atom stereocenters. The molecule has 4 rings (SSSR count). The molecule has 1 heterocycles. The first kappa shape index (κ1) is 31.2. The van der Waals surface area contributed by atoms with Gasteiger partial charge in [0.05, 0.1) is 22.5 Å². The van der Waals surface area contributed by atoms with E-state index < -0.39 is 41.4 Å². The standard InChI is InChI=1S/C27H22F6N8O3/c1-41-22(34)20(23(35)42)21(40-41)13-8-9-18(38-24(43)36-16-6-2-4-14(11-16)26(28,29)30)19(10-13)39-25(44)37-17-7-3-5-15(12-17)27(31,32)33/h2-12H,34H2,1H3,(H2,35,42)(H2,36,38,43)(H2,37,39,44). The first-order valence-electron chi connectivity index (χ1n) is 12.3. The zero-order valence-corrected chi connectivity index (χ0v) is 22.4. The molecule has 0 aliphatic heterocycles. The average Bonchev–Trinajstić information content (AvgIpc) is 3.23. The molecule has 0 unspecified atom stereocenters. The van der Waals surface area contributed by atoms with E-state index in [1.54, 1.807) is 0 Å². The predicted octanol–water partition coefficient (Wildman–Crippen LogP) is 6.09. The highest BCUT2D eigenvalue weighted by atomic mass is 19.4. The quantitative estimate of drug-likeness (QED) is 0.143. The van der Waals surface area contributed by atoms with Gasteiger partial charge in [-0.3, -0.25) is 9.48 Å². The van der Waals surface area contributed by atoms with Gasteiger partial charge in [0, 0.05) is 24.0 Å².